The lowest BCUT2D eigenvalue weighted by molar-refractivity contribution is 0.142. The van der Waals surface area contributed by atoms with Crippen LogP contribution in [0, 0.1) is 0 Å². The van der Waals surface area contributed by atoms with E-state index in [0.29, 0.717) is 0 Å². The molecule has 27 heavy (non-hydrogen) atoms. The van der Waals surface area contributed by atoms with Gasteiger partial charge in [0.05, 0.1) is 19.4 Å². The Balaban J connectivity index is 1.44. The lowest BCUT2D eigenvalue weighted by Crippen LogP contribution is -2.38. The zero-order valence-corrected chi connectivity index (χ0v) is 16.4. The molecule has 1 N–H and O–H groups in total. The molecule has 1 saturated heterocycles. The van der Waals surface area contributed by atoms with Gasteiger partial charge in [-0.3, -0.25) is 4.90 Å². The van der Waals surface area contributed by atoms with Crippen molar-refractivity contribution in [3.8, 4) is 11.5 Å². The van der Waals surface area contributed by atoms with Crippen LogP contribution in [0.4, 0.5) is 0 Å². The number of likely N-dealkylation sites (tertiary alicyclic amines) is 1. The van der Waals surface area contributed by atoms with Gasteiger partial charge in [-0.15, -0.1) is 0 Å². The smallest absolute Gasteiger partial charge is 0.123 e. The molecule has 0 bridgehead atoms. The molecular weight excluding hydrogens is 340 g/mol. The summed E-state index contributed by atoms with van der Waals surface area (Å²) in [5.74, 6) is 2.98. The second-order valence-electron chi connectivity index (χ2n) is 7.66. The largest absolute Gasteiger partial charge is 0.496 e. The standard InChI is InChI=1S/C22H30N2O3/c1-16-11-17-12-21(25-2)18(13-22(17)27-16)14-23-15-19(20-7-6-10-26-20)24-8-4-3-5-9-24/h6-7,10,12-13,16,19,23H,3-5,8-9,11,14-15H2,1-2H3/t16-,19+/m1/s1. The van der Waals surface area contributed by atoms with E-state index in [1.54, 1.807) is 13.4 Å². The molecule has 5 heteroatoms. The second kappa shape index (κ2) is 8.36. The molecule has 0 radical (unpaired) electrons. The van der Waals surface area contributed by atoms with E-state index >= 15 is 0 Å². The van der Waals surface area contributed by atoms with Crippen molar-refractivity contribution >= 4 is 0 Å². The minimum atomic E-state index is 0.246. The maximum Gasteiger partial charge on any atom is 0.123 e. The molecule has 1 fully saturated rings. The highest BCUT2D eigenvalue weighted by Crippen LogP contribution is 2.35. The Bertz CT molecular complexity index is 738. The summed E-state index contributed by atoms with van der Waals surface area (Å²) in [5, 5.41) is 3.63. The molecule has 146 valence electrons. The quantitative estimate of drug-likeness (QED) is 0.800. The van der Waals surface area contributed by atoms with Gasteiger partial charge in [0.15, 0.2) is 0 Å². The number of nitrogens with zero attached hydrogens (tertiary/aromatic N) is 1. The molecule has 0 unspecified atom stereocenters. The molecule has 2 aromatic rings. The molecule has 0 aliphatic carbocycles. The van der Waals surface area contributed by atoms with E-state index < -0.39 is 0 Å². The van der Waals surface area contributed by atoms with Crippen molar-refractivity contribution in [2.24, 2.45) is 0 Å². The van der Waals surface area contributed by atoms with Gasteiger partial charge < -0.3 is 19.2 Å². The summed E-state index contributed by atoms with van der Waals surface area (Å²) >= 11 is 0. The number of furan rings is 1. The number of nitrogens with one attached hydrogen (secondary N) is 1. The lowest BCUT2D eigenvalue weighted by atomic mass is 10.1. The van der Waals surface area contributed by atoms with Crippen molar-refractivity contribution in [2.45, 2.75) is 51.3 Å². The maximum atomic E-state index is 5.92. The van der Waals surface area contributed by atoms with Crippen LogP contribution in [-0.4, -0.2) is 37.7 Å². The number of ether oxygens (including phenoxy) is 2. The molecule has 1 aromatic carbocycles. The van der Waals surface area contributed by atoms with Crippen molar-refractivity contribution in [2.75, 3.05) is 26.7 Å². The van der Waals surface area contributed by atoms with Gasteiger partial charge >= 0.3 is 0 Å². The number of piperidine rings is 1. The Kier molecular flexibility index (Phi) is 5.69. The van der Waals surface area contributed by atoms with E-state index in [1.807, 2.05) is 6.07 Å². The number of methoxy groups -OCH3 is 1. The van der Waals surface area contributed by atoms with Crippen molar-refractivity contribution in [1.82, 2.24) is 10.2 Å². The van der Waals surface area contributed by atoms with Crippen molar-refractivity contribution in [3.05, 3.63) is 47.4 Å². The van der Waals surface area contributed by atoms with Gasteiger partial charge in [-0.1, -0.05) is 6.42 Å². The molecule has 4 rings (SSSR count). The van der Waals surface area contributed by atoms with Crippen molar-refractivity contribution < 1.29 is 13.9 Å². The highest BCUT2D eigenvalue weighted by atomic mass is 16.5. The molecule has 3 heterocycles. The van der Waals surface area contributed by atoms with Crippen molar-refractivity contribution in [3.63, 3.8) is 0 Å². The fraction of sp³-hybridized carbons (Fsp3) is 0.545. The number of rotatable bonds is 7. The van der Waals surface area contributed by atoms with E-state index in [4.69, 9.17) is 13.9 Å². The fourth-order valence-corrected chi connectivity index (χ4v) is 4.27. The van der Waals surface area contributed by atoms with Gasteiger partial charge in [-0.2, -0.15) is 0 Å². The Morgan fingerprint density at radius 2 is 2.11 bits per heavy atom. The fourth-order valence-electron chi connectivity index (χ4n) is 4.27. The van der Waals surface area contributed by atoms with E-state index in [0.717, 1.165) is 55.4 Å². The number of hydrogen-bond donors (Lipinski definition) is 1. The van der Waals surface area contributed by atoms with E-state index in [9.17, 15) is 0 Å². The summed E-state index contributed by atoms with van der Waals surface area (Å²) in [6.45, 7) is 5.99. The van der Waals surface area contributed by atoms with Crippen LogP contribution >= 0.6 is 0 Å². The van der Waals surface area contributed by atoms with Gasteiger partial charge in [0, 0.05) is 30.6 Å². The molecule has 5 nitrogen and oxygen atoms in total. The zero-order valence-electron chi connectivity index (χ0n) is 16.4. The average Bonchev–Trinajstić information content (AvgIpc) is 3.33. The van der Waals surface area contributed by atoms with Crippen LogP contribution in [0.15, 0.2) is 34.9 Å². The normalized spacial score (nSPS) is 20.9. The maximum absolute atomic E-state index is 5.92. The Hall–Kier alpha value is -1.98. The van der Waals surface area contributed by atoms with E-state index in [2.05, 4.69) is 35.3 Å². The molecule has 0 amide bonds. The molecule has 2 atom stereocenters. The predicted octanol–water partition coefficient (Wildman–Crippen LogP) is 3.93. The van der Waals surface area contributed by atoms with Gasteiger partial charge in [0.25, 0.3) is 0 Å². The summed E-state index contributed by atoms with van der Waals surface area (Å²) in [7, 11) is 1.74. The van der Waals surface area contributed by atoms with Crippen LogP contribution in [0.5, 0.6) is 11.5 Å². The zero-order chi connectivity index (χ0) is 18.6. The molecule has 1 aromatic heterocycles. The minimum absolute atomic E-state index is 0.246. The van der Waals surface area contributed by atoms with Gasteiger partial charge in [0.1, 0.15) is 23.4 Å². The second-order valence-corrected chi connectivity index (χ2v) is 7.66. The van der Waals surface area contributed by atoms with Crippen LogP contribution in [0.25, 0.3) is 0 Å². The molecule has 0 spiro atoms. The van der Waals surface area contributed by atoms with Crippen LogP contribution in [-0.2, 0) is 13.0 Å². The topological polar surface area (TPSA) is 46.9 Å². The number of fused-ring (bicyclic) bond motifs is 1. The third kappa shape index (κ3) is 4.14. The Morgan fingerprint density at radius 3 is 2.85 bits per heavy atom. The first-order valence-electron chi connectivity index (χ1n) is 10.1. The number of hydrogen-bond acceptors (Lipinski definition) is 5. The number of benzene rings is 1. The van der Waals surface area contributed by atoms with E-state index in [-0.39, 0.29) is 12.1 Å². The third-order valence-corrected chi connectivity index (χ3v) is 5.66. The Labute approximate surface area is 161 Å². The molecule has 0 saturated carbocycles. The average molecular weight is 370 g/mol. The molecule has 2 aliphatic heterocycles. The van der Waals surface area contributed by atoms with Crippen LogP contribution in [0.1, 0.15) is 49.1 Å². The first-order valence-corrected chi connectivity index (χ1v) is 10.1. The first-order chi connectivity index (χ1) is 13.2. The predicted molar refractivity (Wildman–Crippen MR) is 105 cm³/mol. The summed E-state index contributed by atoms with van der Waals surface area (Å²) in [5.41, 5.74) is 2.38. The molecular formula is C22H30N2O3. The summed E-state index contributed by atoms with van der Waals surface area (Å²) < 4.78 is 17.3. The highest BCUT2D eigenvalue weighted by molar-refractivity contribution is 5.48. The van der Waals surface area contributed by atoms with E-state index in [1.165, 1.54) is 24.8 Å². The lowest BCUT2D eigenvalue weighted by Gasteiger charge is -2.33. The van der Waals surface area contributed by atoms with Crippen LogP contribution in [0.2, 0.25) is 0 Å². The summed E-state index contributed by atoms with van der Waals surface area (Å²) in [6, 6.07) is 8.61. The van der Waals surface area contributed by atoms with Crippen LogP contribution in [0.3, 0.4) is 0 Å². The highest BCUT2D eigenvalue weighted by Gasteiger charge is 2.25. The van der Waals surface area contributed by atoms with Gasteiger partial charge in [-0.05, 0) is 57.1 Å². The van der Waals surface area contributed by atoms with Gasteiger partial charge in [-0.25, -0.2) is 0 Å². The van der Waals surface area contributed by atoms with Crippen LogP contribution < -0.4 is 14.8 Å². The minimum Gasteiger partial charge on any atom is -0.496 e. The van der Waals surface area contributed by atoms with Crippen molar-refractivity contribution in [1.29, 1.82) is 0 Å². The SMILES string of the molecule is COc1cc2c(cc1CNC[C@@H](c1ccco1)N1CCCCC1)O[C@H](C)C2. The Morgan fingerprint density at radius 1 is 1.26 bits per heavy atom. The summed E-state index contributed by atoms with van der Waals surface area (Å²) in [4.78, 5) is 2.54. The first kappa shape index (κ1) is 18.4. The third-order valence-electron chi connectivity index (χ3n) is 5.66. The molecule has 2 aliphatic rings. The summed E-state index contributed by atoms with van der Waals surface area (Å²) in [6.07, 6.45) is 6.84. The van der Waals surface area contributed by atoms with Gasteiger partial charge in [0.2, 0.25) is 0 Å². The monoisotopic (exact) mass is 370 g/mol.